The normalized spacial score (nSPS) is 15.3. The number of aliphatic imine (C=N–C) groups is 1. The van der Waals surface area contributed by atoms with E-state index < -0.39 is 0 Å². The lowest BCUT2D eigenvalue weighted by Crippen LogP contribution is -2.10. The molecule has 72 valence electrons. The van der Waals surface area contributed by atoms with Gasteiger partial charge in [0.15, 0.2) is 0 Å². The maximum atomic E-state index is 5.79. The van der Waals surface area contributed by atoms with E-state index in [0.29, 0.717) is 5.84 Å². The Labute approximate surface area is 84.2 Å². The van der Waals surface area contributed by atoms with E-state index in [1.165, 1.54) is 16.7 Å². The molecule has 0 radical (unpaired) electrons. The van der Waals surface area contributed by atoms with E-state index in [1.54, 1.807) is 0 Å². The molecule has 0 fully saturated rings. The number of nitrogens with zero attached hydrogens (tertiary/aromatic N) is 1. The van der Waals surface area contributed by atoms with Gasteiger partial charge in [0.2, 0.25) is 0 Å². The van der Waals surface area contributed by atoms with Crippen molar-refractivity contribution < 1.29 is 0 Å². The minimum atomic E-state index is 0.696. The van der Waals surface area contributed by atoms with Gasteiger partial charge in [0.1, 0.15) is 5.84 Å². The minimum Gasteiger partial charge on any atom is -0.387 e. The molecule has 0 unspecified atom stereocenters. The molecule has 0 amide bonds. The van der Waals surface area contributed by atoms with Crippen LogP contribution in [-0.4, -0.2) is 5.84 Å². The number of nitrogens with two attached hydrogens (primary N) is 1. The van der Waals surface area contributed by atoms with Crippen LogP contribution < -0.4 is 5.73 Å². The molecule has 0 aliphatic carbocycles. The van der Waals surface area contributed by atoms with Gasteiger partial charge < -0.3 is 5.73 Å². The molecule has 0 atom stereocenters. The van der Waals surface area contributed by atoms with Crippen molar-refractivity contribution in [3.8, 4) is 0 Å². The van der Waals surface area contributed by atoms with Crippen LogP contribution in [-0.2, 0) is 0 Å². The van der Waals surface area contributed by atoms with Gasteiger partial charge in [0.25, 0.3) is 0 Å². The fourth-order valence-electron chi connectivity index (χ4n) is 1.69. The van der Waals surface area contributed by atoms with E-state index in [-0.39, 0.29) is 0 Å². The standard InChI is InChI=1S/C12H14N2/c1-8-3-4-11-10(5-8)6-9(2)7-12(13)14-11/h3-6H,7H2,1-2H3,(H2,13,14). The summed E-state index contributed by atoms with van der Waals surface area (Å²) in [6.45, 7) is 4.17. The van der Waals surface area contributed by atoms with Crippen molar-refractivity contribution in [2.75, 3.05) is 0 Å². The van der Waals surface area contributed by atoms with E-state index in [4.69, 9.17) is 5.73 Å². The molecule has 0 saturated carbocycles. The van der Waals surface area contributed by atoms with Gasteiger partial charge in [-0.25, -0.2) is 4.99 Å². The molecule has 2 nitrogen and oxygen atoms in total. The minimum absolute atomic E-state index is 0.696. The van der Waals surface area contributed by atoms with Gasteiger partial charge in [-0.15, -0.1) is 0 Å². The highest BCUT2D eigenvalue weighted by molar-refractivity contribution is 5.89. The summed E-state index contributed by atoms with van der Waals surface area (Å²) < 4.78 is 0. The zero-order chi connectivity index (χ0) is 10.1. The first-order valence-corrected chi connectivity index (χ1v) is 4.76. The Morgan fingerprint density at radius 3 is 2.86 bits per heavy atom. The summed E-state index contributed by atoms with van der Waals surface area (Å²) in [5.74, 6) is 0.696. The van der Waals surface area contributed by atoms with Crippen molar-refractivity contribution in [3.05, 3.63) is 34.9 Å². The van der Waals surface area contributed by atoms with Gasteiger partial charge in [0.05, 0.1) is 5.69 Å². The first-order chi connectivity index (χ1) is 6.65. The lowest BCUT2D eigenvalue weighted by Gasteiger charge is -2.00. The Morgan fingerprint density at radius 1 is 1.29 bits per heavy atom. The van der Waals surface area contributed by atoms with Crippen LogP contribution in [0.3, 0.4) is 0 Å². The van der Waals surface area contributed by atoms with Crippen molar-refractivity contribution >= 4 is 17.6 Å². The van der Waals surface area contributed by atoms with Crippen molar-refractivity contribution in [2.24, 2.45) is 10.7 Å². The predicted octanol–water partition coefficient (Wildman–Crippen LogP) is 2.79. The van der Waals surface area contributed by atoms with Crippen molar-refractivity contribution in [1.29, 1.82) is 0 Å². The molecule has 2 heteroatoms. The summed E-state index contributed by atoms with van der Waals surface area (Å²) >= 11 is 0. The zero-order valence-corrected chi connectivity index (χ0v) is 8.54. The van der Waals surface area contributed by atoms with Crippen molar-refractivity contribution in [1.82, 2.24) is 0 Å². The molecule has 1 aliphatic heterocycles. The highest BCUT2D eigenvalue weighted by Crippen LogP contribution is 2.26. The average Bonchev–Trinajstić information content (AvgIpc) is 2.21. The van der Waals surface area contributed by atoms with E-state index >= 15 is 0 Å². The Morgan fingerprint density at radius 2 is 2.07 bits per heavy atom. The van der Waals surface area contributed by atoms with Crippen molar-refractivity contribution in [3.63, 3.8) is 0 Å². The first-order valence-electron chi connectivity index (χ1n) is 4.76. The molecular weight excluding hydrogens is 172 g/mol. The molecule has 2 N–H and O–H groups in total. The summed E-state index contributed by atoms with van der Waals surface area (Å²) in [7, 11) is 0. The predicted molar refractivity (Wildman–Crippen MR) is 60.7 cm³/mol. The average molecular weight is 186 g/mol. The smallest absolute Gasteiger partial charge is 0.104 e. The Bertz CT molecular complexity index is 428. The zero-order valence-electron chi connectivity index (χ0n) is 8.54. The fourth-order valence-corrected chi connectivity index (χ4v) is 1.69. The maximum absolute atomic E-state index is 5.79. The number of rotatable bonds is 0. The quantitative estimate of drug-likeness (QED) is 0.664. The van der Waals surface area contributed by atoms with E-state index in [2.05, 4.69) is 37.0 Å². The Hall–Kier alpha value is -1.57. The van der Waals surface area contributed by atoms with Gasteiger partial charge in [-0.2, -0.15) is 0 Å². The van der Waals surface area contributed by atoms with Crippen LogP contribution in [0.1, 0.15) is 24.5 Å². The van der Waals surface area contributed by atoms with Crippen LogP contribution in [0.2, 0.25) is 0 Å². The second kappa shape index (κ2) is 3.29. The second-order valence-corrected chi connectivity index (χ2v) is 3.83. The van der Waals surface area contributed by atoms with Crippen LogP contribution in [0.4, 0.5) is 5.69 Å². The highest BCUT2D eigenvalue weighted by atomic mass is 14.9. The van der Waals surface area contributed by atoms with Crippen LogP contribution in [0.25, 0.3) is 6.08 Å². The molecule has 14 heavy (non-hydrogen) atoms. The van der Waals surface area contributed by atoms with Crippen LogP contribution in [0.15, 0.2) is 28.8 Å². The second-order valence-electron chi connectivity index (χ2n) is 3.83. The maximum Gasteiger partial charge on any atom is 0.104 e. The molecule has 1 aliphatic rings. The highest BCUT2D eigenvalue weighted by Gasteiger charge is 2.06. The molecule has 0 bridgehead atoms. The summed E-state index contributed by atoms with van der Waals surface area (Å²) in [4.78, 5) is 4.37. The number of hydrogen-bond acceptors (Lipinski definition) is 2. The number of amidine groups is 1. The number of benzene rings is 1. The molecular formula is C12H14N2. The molecule has 1 aromatic carbocycles. The fraction of sp³-hybridized carbons (Fsp3) is 0.250. The van der Waals surface area contributed by atoms with Crippen LogP contribution in [0, 0.1) is 6.92 Å². The van der Waals surface area contributed by atoms with Crippen LogP contribution >= 0.6 is 0 Å². The molecule has 2 rings (SSSR count). The molecule has 0 spiro atoms. The first kappa shape index (κ1) is 9.00. The van der Waals surface area contributed by atoms with E-state index in [1.807, 2.05) is 6.07 Å². The monoisotopic (exact) mass is 186 g/mol. The van der Waals surface area contributed by atoms with Gasteiger partial charge in [-0.05, 0) is 26.0 Å². The largest absolute Gasteiger partial charge is 0.387 e. The Kier molecular flexibility index (Phi) is 2.12. The van der Waals surface area contributed by atoms with Crippen LogP contribution in [0.5, 0.6) is 0 Å². The number of aryl methyl sites for hydroxylation is 1. The molecule has 1 aromatic rings. The lowest BCUT2D eigenvalue weighted by molar-refractivity contribution is 1.26. The summed E-state index contributed by atoms with van der Waals surface area (Å²) in [6, 6.07) is 6.22. The molecule has 0 saturated heterocycles. The lowest BCUT2D eigenvalue weighted by atomic mass is 10.1. The number of hydrogen-bond donors (Lipinski definition) is 1. The van der Waals surface area contributed by atoms with Gasteiger partial charge >= 0.3 is 0 Å². The van der Waals surface area contributed by atoms with E-state index in [9.17, 15) is 0 Å². The summed E-state index contributed by atoms with van der Waals surface area (Å²) in [6.07, 6.45) is 2.93. The Balaban J connectivity index is 2.61. The third-order valence-electron chi connectivity index (χ3n) is 2.31. The third-order valence-corrected chi connectivity index (χ3v) is 2.31. The summed E-state index contributed by atoms with van der Waals surface area (Å²) in [5.41, 5.74) is 10.4. The number of fused-ring (bicyclic) bond motifs is 1. The third kappa shape index (κ3) is 1.69. The van der Waals surface area contributed by atoms with E-state index in [0.717, 1.165) is 12.1 Å². The summed E-state index contributed by atoms with van der Waals surface area (Å²) in [5, 5.41) is 0. The van der Waals surface area contributed by atoms with Gasteiger partial charge in [0, 0.05) is 12.0 Å². The van der Waals surface area contributed by atoms with Gasteiger partial charge in [-0.3, -0.25) is 0 Å². The van der Waals surface area contributed by atoms with Crippen molar-refractivity contribution in [2.45, 2.75) is 20.3 Å². The SMILES string of the molecule is CC1=Cc2cc(C)ccc2N=C(N)C1. The molecule has 1 heterocycles. The molecule has 0 aromatic heterocycles. The van der Waals surface area contributed by atoms with Gasteiger partial charge in [-0.1, -0.05) is 23.3 Å². The topological polar surface area (TPSA) is 38.4 Å².